The monoisotopic (exact) mass is 546 g/mol. The highest BCUT2D eigenvalue weighted by Crippen LogP contribution is 2.27. The first-order valence-electron chi connectivity index (χ1n) is 10.7. The van der Waals surface area contributed by atoms with Crippen LogP contribution < -0.4 is 14.8 Å². The SMILES string of the molecule is Cc1cc(C)nc(NS(=O)(=O)c2ccc(NC(=O)c3ccc(OCCC(C)C)c(Br)c3)cc2)n1. The first-order chi connectivity index (χ1) is 16.0. The van der Waals surface area contributed by atoms with Crippen LogP contribution in [0.25, 0.3) is 0 Å². The van der Waals surface area contributed by atoms with Gasteiger partial charge in [-0.15, -0.1) is 0 Å². The molecule has 1 amide bonds. The van der Waals surface area contributed by atoms with E-state index in [1.165, 1.54) is 24.3 Å². The van der Waals surface area contributed by atoms with E-state index >= 15 is 0 Å². The summed E-state index contributed by atoms with van der Waals surface area (Å²) in [6.07, 6.45) is 0.938. The number of hydrogen-bond acceptors (Lipinski definition) is 6. The summed E-state index contributed by atoms with van der Waals surface area (Å²) in [6, 6.07) is 12.7. The summed E-state index contributed by atoms with van der Waals surface area (Å²) >= 11 is 3.45. The Kier molecular flexibility index (Phi) is 8.27. The van der Waals surface area contributed by atoms with Gasteiger partial charge in [0.05, 0.1) is 16.0 Å². The molecule has 0 radical (unpaired) electrons. The van der Waals surface area contributed by atoms with E-state index in [-0.39, 0.29) is 16.8 Å². The van der Waals surface area contributed by atoms with E-state index in [1.54, 1.807) is 38.1 Å². The summed E-state index contributed by atoms with van der Waals surface area (Å²) in [5, 5.41) is 2.77. The van der Waals surface area contributed by atoms with Gasteiger partial charge in [-0.2, -0.15) is 0 Å². The van der Waals surface area contributed by atoms with Crippen molar-refractivity contribution in [1.29, 1.82) is 0 Å². The molecule has 0 fully saturated rings. The third kappa shape index (κ3) is 7.01. The van der Waals surface area contributed by atoms with Gasteiger partial charge in [0.1, 0.15) is 5.75 Å². The maximum absolute atomic E-state index is 12.7. The average Bonchev–Trinajstić information content (AvgIpc) is 2.74. The van der Waals surface area contributed by atoms with Gasteiger partial charge < -0.3 is 10.1 Å². The van der Waals surface area contributed by atoms with E-state index in [9.17, 15) is 13.2 Å². The molecule has 2 N–H and O–H groups in total. The van der Waals surface area contributed by atoms with Gasteiger partial charge in [0.2, 0.25) is 5.95 Å². The van der Waals surface area contributed by atoms with Crippen molar-refractivity contribution in [2.24, 2.45) is 5.92 Å². The van der Waals surface area contributed by atoms with E-state index in [0.717, 1.165) is 6.42 Å². The fraction of sp³-hybridized carbons (Fsp3) is 0.292. The number of carbonyl (C=O) groups excluding carboxylic acids is 1. The molecule has 3 rings (SSSR count). The lowest BCUT2D eigenvalue weighted by molar-refractivity contribution is 0.102. The molecule has 0 aliphatic rings. The van der Waals surface area contributed by atoms with Crippen LogP contribution in [0.1, 0.15) is 42.0 Å². The molecule has 0 unspecified atom stereocenters. The summed E-state index contributed by atoms with van der Waals surface area (Å²) in [5.74, 6) is 0.900. The fourth-order valence-electron chi connectivity index (χ4n) is 3.04. The molecule has 2 aromatic carbocycles. The number of aromatic nitrogens is 2. The lowest BCUT2D eigenvalue weighted by Crippen LogP contribution is -2.16. The van der Waals surface area contributed by atoms with Crippen molar-refractivity contribution >= 4 is 43.5 Å². The Balaban J connectivity index is 1.65. The number of rotatable bonds is 9. The van der Waals surface area contributed by atoms with Crippen molar-refractivity contribution in [3.05, 3.63) is 70.0 Å². The lowest BCUT2D eigenvalue weighted by atomic mass is 10.1. The Morgan fingerprint density at radius 2 is 1.68 bits per heavy atom. The Hall–Kier alpha value is -2.98. The van der Waals surface area contributed by atoms with Crippen LogP contribution in [0.4, 0.5) is 11.6 Å². The standard InChI is InChI=1S/C24H27BrN4O4S/c1-15(2)11-12-33-22-10-5-18(14-21(22)25)23(30)28-19-6-8-20(9-7-19)34(31,32)29-24-26-16(3)13-17(4)27-24/h5-10,13-15H,11-12H2,1-4H3,(H,28,30)(H,26,27,29). The highest BCUT2D eigenvalue weighted by molar-refractivity contribution is 9.10. The largest absolute Gasteiger partial charge is 0.492 e. The smallest absolute Gasteiger partial charge is 0.264 e. The molecular formula is C24H27BrN4O4S. The van der Waals surface area contributed by atoms with Gasteiger partial charge in [-0.05, 0) is 90.6 Å². The number of halogens is 1. The molecule has 10 heteroatoms. The number of nitrogens with one attached hydrogen (secondary N) is 2. The molecule has 0 saturated carbocycles. The van der Waals surface area contributed by atoms with E-state index in [4.69, 9.17) is 4.74 Å². The Bertz CT molecular complexity index is 1260. The maximum atomic E-state index is 12.7. The molecule has 0 bridgehead atoms. The highest BCUT2D eigenvalue weighted by Gasteiger charge is 2.17. The van der Waals surface area contributed by atoms with Crippen molar-refractivity contribution in [1.82, 2.24) is 9.97 Å². The summed E-state index contributed by atoms with van der Waals surface area (Å²) in [5.41, 5.74) is 2.21. The van der Waals surface area contributed by atoms with Crippen molar-refractivity contribution < 1.29 is 17.9 Å². The number of sulfonamides is 1. The van der Waals surface area contributed by atoms with Gasteiger partial charge in [-0.1, -0.05) is 13.8 Å². The third-order valence-corrected chi connectivity index (χ3v) is 6.74. The summed E-state index contributed by atoms with van der Waals surface area (Å²) in [7, 11) is -3.88. The molecular weight excluding hydrogens is 520 g/mol. The minimum Gasteiger partial charge on any atom is -0.492 e. The van der Waals surface area contributed by atoms with Crippen LogP contribution in [0.15, 0.2) is 57.9 Å². The Morgan fingerprint density at radius 1 is 1.03 bits per heavy atom. The molecule has 180 valence electrons. The van der Waals surface area contributed by atoms with Crippen molar-refractivity contribution in [3.8, 4) is 5.75 Å². The van der Waals surface area contributed by atoms with Crippen LogP contribution >= 0.6 is 15.9 Å². The van der Waals surface area contributed by atoms with Gasteiger partial charge in [-0.25, -0.2) is 23.1 Å². The minimum absolute atomic E-state index is 0.0112. The predicted molar refractivity (Wildman–Crippen MR) is 136 cm³/mol. The normalized spacial score (nSPS) is 11.4. The van der Waals surface area contributed by atoms with Crippen molar-refractivity contribution in [2.45, 2.75) is 39.0 Å². The van der Waals surface area contributed by atoms with Crippen LogP contribution in [0.3, 0.4) is 0 Å². The molecule has 8 nitrogen and oxygen atoms in total. The highest BCUT2D eigenvalue weighted by atomic mass is 79.9. The van der Waals surface area contributed by atoms with Crippen LogP contribution in [0, 0.1) is 19.8 Å². The number of amides is 1. The lowest BCUT2D eigenvalue weighted by Gasteiger charge is -2.12. The van der Waals surface area contributed by atoms with E-state index in [0.29, 0.717) is 45.4 Å². The number of ether oxygens (including phenoxy) is 1. The quantitative estimate of drug-likeness (QED) is 0.375. The van der Waals surface area contributed by atoms with Crippen LogP contribution in [0.5, 0.6) is 5.75 Å². The number of aryl methyl sites for hydroxylation is 2. The molecule has 3 aromatic rings. The number of anilines is 2. The minimum atomic E-state index is -3.88. The van der Waals surface area contributed by atoms with E-state index < -0.39 is 10.0 Å². The van der Waals surface area contributed by atoms with Gasteiger partial charge in [-0.3, -0.25) is 4.79 Å². The molecule has 1 heterocycles. The molecule has 34 heavy (non-hydrogen) atoms. The predicted octanol–water partition coefficient (Wildman–Crippen LogP) is 5.33. The summed E-state index contributed by atoms with van der Waals surface area (Å²) in [6.45, 7) is 8.38. The van der Waals surface area contributed by atoms with E-state index in [2.05, 4.69) is 49.8 Å². The second-order valence-corrected chi connectivity index (χ2v) is 10.8. The zero-order chi connectivity index (χ0) is 24.9. The molecule has 1 aromatic heterocycles. The van der Waals surface area contributed by atoms with E-state index in [1.807, 2.05) is 0 Å². The third-order valence-electron chi connectivity index (χ3n) is 4.78. The molecule has 0 aliphatic heterocycles. The van der Waals surface area contributed by atoms with Gasteiger partial charge in [0.25, 0.3) is 15.9 Å². The zero-order valence-electron chi connectivity index (χ0n) is 19.4. The number of hydrogen-bond donors (Lipinski definition) is 2. The topological polar surface area (TPSA) is 110 Å². The molecule has 0 atom stereocenters. The Morgan fingerprint density at radius 3 is 2.26 bits per heavy atom. The first kappa shape index (κ1) is 25.6. The second kappa shape index (κ2) is 11.0. The van der Waals surface area contributed by atoms with Crippen molar-refractivity contribution in [3.63, 3.8) is 0 Å². The second-order valence-electron chi connectivity index (χ2n) is 8.23. The number of nitrogens with zero attached hydrogens (tertiary/aromatic N) is 2. The van der Waals surface area contributed by atoms with Crippen LogP contribution in [-0.2, 0) is 10.0 Å². The number of carbonyl (C=O) groups is 1. The fourth-order valence-corrected chi connectivity index (χ4v) is 4.47. The van der Waals surface area contributed by atoms with Gasteiger partial charge >= 0.3 is 0 Å². The summed E-state index contributed by atoms with van der Waals surface area (Å²) < 4.78 is 34.1. The molecule has 0 aliphatic carbocycles. The maximum Gasteiger partial charge on any atom is 0.264 e. The molecule has 0 saturated heterocycles. The van der Waals surface area contributed by atoms with Crippen LogP contribution in [-0.4, -0.2) is 30.9 Å². The average molecular weight is 547 g/mol. The number of benzene rings is 2. The van der Waals surface area contributed by atoms with Gasteiger partial charge in [0.15, 0.2) is 0 Å². The first-order valence-corrected chi connectivity index (χ1v) is 13.0. The zero-order valence-corrected chi connectivity index (χ0v) is 21.8. The van der Waals surface area contributed by atoms with Gasteiger partial charge in [0, 0.05) is 22.6 Å². The van der Waals surface area contributed by atoms with Crippen molar-refractivity contribution in [2.75, 3.05) is 16.6 Å². The molecule has 0 spiro atoms. The van der Waals surface area contributed by atoms with Crippen LogP contribution in [0.2, 0.25) is 0 Å². The Labute approximate surface area is 208 Å². The summed E-state index contributed by atoms with van der Waals surface area (Å²) in [4.78, 5) is 20.9.